The van der Waals surface area contributed by atoms with E-state index in [-0.39, 0.29) is 5.69 Å². The molecule has 1 unspecified atom stereocenters. The normalized spacial score (nSPS) is 17.0. The minimum absolute atomic E-state index is 0.167. The van der Waals surface area contributed by atoms with Crippen LogP contribution in [-0.2, 0) is 10.9 Å². The Morgan fingerprint density at radius 1 is 1.30 bits per heavy atom. The third-order valence-electron chi connectivity index (χ3n) is 3.66. The Labute approximate surface area is 151 Å². The zero-order chi connectivity index (χ0) is 19.4. The van der Waals surface area contributed by atoms with Crippen molar-refractivity contribution < 1.29 is 27.1 Å². The Hall–Kier alpha value is -2.79. The van der Waals surface area contributed by atoms with Crippen LogP contribution in [0.25, 0.3) is 0 Å². The fourth-order valence-electron chi connectivity index (χ4n) is 2.42. The highest BCUT2D eigenvalue weighted by atomic mass is 19.4. The number of hydrogen-bond acceptors (Lipinski definition) is 6. The average Bonchev–Trinajstić information content (AvgIpc) is 3.12. The second-order valence-electron chi connectivity index (χ2n) is 5.69. The molecular weight excluding hydrogens is 370 g/mol. The zero-order valence-electron chi connectivity index (χ0n) is 13.8. The summed E-state index contributed by atoms with van der Waals surface area (Å²) in [5, 5.41) is 2.47. The van der Waals surface area contributed by atoms with Gasteiger partial charge in [-0.3, -0.25) is 10.2 Å². The lowest BCUT2D eigenvalue weighted by Crippen LogP contribution is -2.44. The molecule has 1 aliphatic rings. The van der Waals surface area contributed by atoms with Gasteiger partial charge in [-0.15, -0.1) is 0 Å². The number of anilines is 2. The molecule has 1 aromatic carbocycles. The number of halogens is 4. The Morgan fingerprint density at radius 2 is 2.11 bits per heavy atom. The highest BCUT2D eigenvalue weighted by Crippen LogP contribution is 2.31. The van der Waals surface area contributed by atoms with E-state index in [1.165, 1.54) is 18.2 Å². The van der Waals surface area contributed by atoms with Crippen LogP contribution in [0.15, 0.2) is 30.5 Å². The summed E-state index contributed by atoms with van der Waals surface area (Å²) in [6.07, 6.45) is -3.19. The number of hydrazine groups is 1. The number of aromatic nitrogens is 2. The number of ether oxygens (including phenoxy) is 1. The molecule has 1 aliphatic heterocycles. The van der Waals surface area contributed by atoms with E-state index in [1.807, 2.05) is 0 Å². The number of carbonyl (C=O) groups excluding carboxylic acids is 1. The molecule has 144 valence electrons. The second kappa shape index (κ2) is 7.84. The molecule has 3 N–H and O–H groups in total. The van der Waals surface area contributed by atoms with Crippen molar-refractivity contribution in [3.8, 4) is 0 Å². The first-order valence-electron chi connectivity index (χ1n) is 7.97. The topological polar surface area (TPSA) is 88.2 Å². The third-order valence-corrected chi connectivity index (χ3v) is 3.66. The van der Waals surface area contributed by atoms with Gasteiger partial charge in [-0.25, -0.2) is 19.8 Å². The molecule has 3 rings (SSSR count). The number of carbonyl (C=O) groups is 1. The second-order valence-corrected chi connectivity index (χ2v) is 5.69. The van der Waals surface area contributed by atoms with Crippen molar-refractivity contribution >= 4 is 17.5 Å². The highest BCUT2D eigenvalue weighted by Gasteiger charge is 2.38. The summed E-state index contributed by atoms with van der Waals surface area (Å²) >= 11 is 0. The zero-order valence-corrected chi connectivity index (χ0v) is 13.8. The molecule has 1 fully saturated rings. The molecule has 27 heavy (non-hydrogen) atoms. The molecule has 0 saturated carbocycles. The number of rotatable bonds is 5. The molecule has 1 amide bonds. The molecule has 1 atom stereocenters. The number of nitrogens with one attached hydrogen (secondary N) is 3. The average molecular weight is 385 g/mol. The predicted octanol–water partition coefficient (Wildman–Crippen LogP) is 2.75. The van der Waals surface area contributed by atoms with Crippen LogP contribution >= 0.6 is 0 Å². The van der Waals surface area contributed by atoms with E-state index in [4.69, 9.17) is 4.74 Å². The summed E-state index contributed by atoms with van der Waals surface area (Å²) in [7, 11) is 0. The lowest BCUT2D eigenvalue weighted by Gasteiger charge is -2.16. The first-order valence-corrected chi connectivity index (χ1v) is 7.97. The van der Waals surface area contributed by atoms with Crippen LogP contribution in [0.3, 0.4) is 0 Å². The van der Waals surface area contributed by atoms with Gasteiger partial charge in [-0.05, 0) is 31.0 Å². The first kappa shape index (κ1) is 19.0. The van der Waals surface area contributed by atoms with Gasteiger partial charge in [0.15, 0.2) is 5.69 Å². The van der Waals surface area contributed by atoms with E-state index in [2.05, 4.69) is 26.1 Å². The maximum absolute atomic E-state index is 13.3. The molecule has 1 saturated heterocycles. The van der Waals surface area contributed by atoms with Crippen LogP contribution in [0.4, 0.5) is 29.2 Å². The Kier molecular flexibility index (Phi) is 5.51. The minimum Gasteiger partial charge on any atom is -0.362 e. The van der Waals surface area contributed by atoms with Gasteiger partial charge in [0.05, 0.1) is 5.56 Å². The van der Waals surface area contributed by atoms with Crippen molar-refractivity contribution in [2.75, 3.05) is 11.9 Å². The standard InChI is InChI=1S/C16H15F4N5O2/c17-9-3-1-4-10(7-9)22-15-21-8-11(13(23-15)16(18,19)20)14(26)25-24-12-5-2-6-27-12/h1,3-4,7-8,12,24H,2,5-6H2,(H,25,26)(H,21,22,23). The lowest BCUT2D eigenvalue weighted by molar-refractivity contribution is -0.141. The van der Waals surface area contributed by atoms with E-state index in [0.717, 1.165) is 18.7 Å². The maximum atomic E-state index is 13.3. The van der Waals surface area contributed by atoms with Crippen molar-refractivity contribution in [1.29, 1.82) is 0 Å². The summed E-state index contributed by atoms with van der Waals surface area (Å²) in [4.78, 5) is 19.2. The van der Waals surface area contributed by atoms with Crippen LogP contribution < -0.4 is 16.2 Å². The fraction of sp³-hybridized carbons (Fsp3) is 0.312. The van der Waals surface area contributed by atoms with Gasteiger partial charge in [0.1, 0.15) is 12.0 Å². The van der Waals surface area contributed by atoms with E-state index in [0.29, 0.717) is 13.0 Å². The lowest BCUT2D eigenvalue weighted by atomic mass is 10.2. The van der Waals surface area contributed by atoms with Crippen molar-refractivity contribution in [3.63, 3.8) is 0 Å². The predicted molar refractivity (Wildman–Crippen MR) is 86.3 cm³/mol. The smallest absolute Gasteiger partial charge is 0.362 e. The van der Waals surface area contributed by atoms with Crippen molar-refractivity contribution in [2.24, 2.45) is 0 Å². The quantitative estimate of drug-likeness (QED) is 0.542. The molecule has 2 aromatic rings. The number of amides is 1. The molecule has 7 nitrogen and oxygen atoms in total. The number of nitrogens with zero attached hydrogens (tertiary/aromatic N) is 2. The SMILES string of the molecule is O=C(NNC1CCCO1)c1cnc(Nc2cccc(F)c2)nc1C(F)(F)F. The van der Waals surface area contributed by atoms with Gasteiger partial charge in [-0.2, -0.15) is 13.2 Å². The van der Waals surface area contributed by atoms with Crippen LogP contribution in [0.2, 0.25) is 0 Å². The molecule has 0 bridgehead atoms. The van der Waals surface area contributed by atoms with Gasteiger partial charge in [0, 0.05) is 18.5 Å². The Bertz CT molecular complexity index is 825. The number of hydrogen-bond donors (Lipinski definition) is 3. The van der Waals surface area contributed by atoms with E-state index in [1.54, 1.807) is 0 Å². The molecular formula is C16H15F4N5O2. The fourth-order valence-corrected chi connectivity index (χ4v) is 2.42. The summed E-state index contributed by atoms with van der Waals surface area (Å²) < 4.78 is 58.4. The summed E-state index contributed by atoms with van der Waals surface area (Å²) in [5.74, 6) is -2.04. The summed E-state index contributed by atoms with van der Waals surface area (Å²) in [5.41, 5.74) is 2.68. The van der Waals surface area contributed by atoms with Crippen LogP contribution in [0, 0.1) is 5.82 Å². The van der Waals surface area contributed by atoms with Crippen molar-refractivity contribution in [2.45, 2.75) is 25.2 Å². The van der Waals surface area contributed by atoms with Gasteiger partial charge in [0.25, 0.3) is 5.91 Å². The number of alkyl halides is 3. The van der Waals surface area contributed by atoms with Crippen LogP contribution in [-0.4, -0.2) is 28.7 Å². The molecule has 2 heterocycles. The van der Waals surface area contributed by atoms with Crippen molar-refractivity contribution in [1.82, 2.24) is 20.8 Å². The largest absolute Gasteiger partial charge is 0.434 e. The van der Waals surface area contributed by atoms with E-state index >= 15 is 0 Å². The highest BCUT2D eigenvalue weighted by molar-refractivity contribution is 5.95. The summed E-state index contributed by atoms with van der Waals surface area (Å²) in [6, 6.07) is 5.07. The van der Waals surface area contributed by atoms with Gasteiger partial charge >= 0.3 is 6.18 Å². The molecule has 0 radical (unpaired) electrons. The Balaban J connectivity index is 1.80. The molecule has 11 heteroatoms. The maximum Gasteiger partial charge on any atom is 0.434 e. The Morgan fingerprint density at radius 3 is 2.78 bits per heavy atom. The van der Waals surface area contributed by atoms with Crippen LogP contribution in [0.5, 0.6) is 0 Å². The molecule has 1 aromatic heterocycles. The van der Waals surface area contributed by atoms with E-state index in [9.17, 15) is 22.4 Å². The van der Waals surface area contributed by atoms with Gasteiger partial charge in [-0.1, -0.05) is 6.07 Å². The monoisotopic (exact) mass is 385 g/mol. The van der Waals surface area contributed by atoms with E-state index < -0.39 is 41.3 Å². The molecule has 0 spiro atoms. The van der Waals surface area contributed by atoms with Crippen molar-refractivity contribution in [3.05, 3.63) is 47.5 Å². The van der Waals surface area contributed by atoms with Gasteiger partial charge in [0.2, 0.25) is 5.95 Å². The minimum atomic E-state index is -4.89. The van der Waals surface area contributed by atoms with Gasteiger partial charge < -0.3 is 10.1 Å². The first-order chi connectivity index (χ1) is 12.8. The third kappa shape index (κ3) is 4.89. The summed E-state index contributed by atoms with van der Waals surface area (Å²) in [6.45, 7) is 0.505. The molecule has 0 aliphatic carbocycles. The van der Waals surface area contributed by atoms with Crippen LogP contribution in [0.1, 0.15) is 28.9 Å². The number of benzene rings is 1.